The smallest absolute Gasteiger partial charge is 0.251 e. The maximum absolute atomic E-state index is 11.4. The van der Waals surface area contributed by atoms with Crippen molar-refractivity contribution in [3.8, 4) is 5.75 Å². The number of rotatable bonds is 0. The number of benzene rings is 1. The first-order valence-corrected chi connectivity index (χ1v) is 4.37. The normalized spacial score (nSPS) is 15.8. The number of carbonyl (C=O) groups is 1. The topological polar surface area (TPSA) is 49.3 Å². The Hall–Kier alpha value is -1.51. The van der Waals surface area contributed by atoms with E-state index in [-0.39, 0.29) is 11.7 Å². The molecule has 1 aromatic rings. The summed E-state index contributed by atoms with van der Waals surface area (Å²) < 4.78 is 0. The van der Waals surface area contributed by atoms with Crippen LogP contribution in [0.5, 0.6) is 5.75 Å². The molecule has 3 heteroatoms. The number of aromatic hydroxyl groups is 1. The van der Waals surface area contributed by atoms with Crippen molar-refractivity contribution in [1.29, 1.82) is 0 Å². The summed E-state index contributed by atoms with van der Waals surface area (Å²) in [6.07, 6.45) is 1.78. The summed E-state index contributed by atoms with van der Waals surface area (Å²) in [5.41, 5.74) is 1.63. The van der Waals surface area contributed by atoms with E-state index in [2.05, 4.69) is 5.32 Å². The van der Waals surface area contributed by atoms with Crippen molar-refractivity contribution in [1.82, 2.24) is 5.32 Å². The maximum Gasteiger partial charge on any atom is 0.251 e. The van der Waals surface area contributed by atoms with Crippen molar-refractivity contribution in [3.63, 3.8) is 0 Å². The Morgan fingerprint density at radius 2 is 2.23 bits per heavy atom. The Kier molecular flexibility index (Phi) is 1.93. The first-order chi connectivity index (χ1) is 6.27. The Labute approximate surface area is 76.4 Å². The van der Waals surface area contributed by atoms with Gasteiger partial charge in [0.2, 0.25) is 0 Å². The first kappa shape index (κ1) is 8.10. The summed E-state index contributed by atoms with van der Waals surface area (Å²) in [5, 5.41) is 12.0. The molecule has 0 radical (unpaired) electrons. The Morgan fingerprint density at radius 1 is 1.38 bits per heavy atom. The highest BCUT2D eigenvalue weighted by Gasteiger charge is 2.14. The highest BCUT2D eigenvalue weighted by molar-refractivity contribution is 5.96. The van der Waals surface area contributed by atoms with Gasteiger partial charge in [-0.1, -0.05) is 0 Å². The average Bonchev–Trinajstić information content (AvgIpc) is 2.28. The summed E-state index contributed by atoms with van der Waals surface area (Å²) in [5.74, 6) is 0.195. The largest absolute Gasteiger partial charge is 0.508 e. The minimum Gasteiger partial charge on any atom is -0.508 e. The van der Waals surface area contributed by atoms with E-state index in [1.807, 2.05) is 0 Å². The van der Waals surface area contributed by atoms with Gasteiger partial charge in [-0.15, -0.1) is 0 Å². The third kappa shape index (κ3) is 1.49. The number of hydrogen-bond donors (Lipinski definition) is 2. The van der Waals surface area contributed by atoms with E-state index in [0.717, 1.165) is 18.4 Å². The highest BCUT2D eigenvalue weighted by Crippen LogP contribution is 2.19. The van der Waals surface area contributed by atoms with Gasteiger partial charge >= 0.3 is 0 Å². The number of phenolic OH excluding ortho intramolecular Hbond substituents is 1. The minimum absolute atomic E-state index is 0.0347. The van der Waals surface area contributed by atoms with E-state index in [1.54, 1.807) is 18.2 Å². The number of carbonyl (C=O) groups excluding carboxylic acids is 1. The van der Waals surface area contributed by atoms with Gasteiger partial charge in [0.05, 0.1) is 0 Å². The van der Waals surface area contributed by atoms with Crippen molar-refractivity contribution < 1.29 is 9.90 Å². The van der Waals surface area contributed by atoms with Crippen molar-refractivity contribution in [2.45, 2.75) is 12.8 Å². The van der Waals surface area contributed by atoms with Crippen LogP contribution < -0.4 is 5.32 Å². The van der Waals surface area contributed by atoms with E-state index in [4.69, 9.17) is 0 Å². The lowest BCUT2D eigenvalue weighted by molar-refractivity contribution is 0.0956. The van der Waals surface area contributed by atoms with Gasteiger partial charge < -0.3 is 10.4 Å². The Bertz CT molecular complexity index is 347. The second-order valence-electron chi connectivity index (χ2n) is 3.20. The number of nitrogens with one attached hydrogen (secondary N) is 1. The lowest BCUT2D eigenvalue weighted by Crippen LogP contribution is -2.22. The fourth-order valence-corrected chi connectivity index (χ4v) is 1.58. The number of aryl methyl sites for hydroxylation is 1. The molecule has 0 atom stereocenters. The molecule has 1 aromatic carbocycles. The lowest BCUT2D eigenvalue weighted by atomic mass is 10.0. The van der Waals surface area contributed by atoms with Gasteiger partial charge in [-0.2, -0.15) is 0 Å². The zero-order chi connectivity index (χ0) is 9.26. The van der Waals surface area contributed by atoms with E-state index in [0.29, 0.717) is 12.1 Å². The van der Waals surface area contributed by atoms with Gasteiger partial charge in [0.25, 0.3) is 5.91 Å². The number of fused-ring (bicyclic) bond motifs is 1. The molecule has 2 N–H and O–H groups in total. The fraction of sp³-hybridized carbons (Fsp3) is 0.300. The molecule has 0 spiro atoms. The van der Waals surface area contributed by atoms with Crippen LogP contribution in [-0.2, 0) is 6.42 Å². The summed E-state index contributed by atoms with van der Waals surface area (Å²) in [6, 6.07) is 4.88. The Morgan fingerprint density at radius 3 is 3.08 bits per heavy atom. The van der Waals surface area contributed by atoms with Gasteiger partial charge in [-0.25, -0.2) is 0 Å². The number of phenols is 1. The Balaban J connectivity index is 2.48. The molecule has 3 nitrogen and oxygen atoms in total. The van der Waals surface area contributed by atoms with E-state index < -0.39 is 0 Å². The zero-order valence-electron chi connectivity index (χ0n) is 7.21. The predicted molar refractivity (Wildman–Crippen MR) is 48.8 cm³/mol. The second-order valence-corrected chi connectivity index (χ2v) is 3.20. The van der Waals surface area contributed by atoms with Gasteiger partial charge in [0.15, 0.2) is 0 Å². The van der Waals surface area contributed by atoms with Crippen molar-refractivity contribution >= 4 is 5.91 Å². The molecule has 2 rings (SSSR count). The third-order valence-electron chi connectivity index (χ3n) is 2.24. The maximum atomic E-state index is 11.4. The van der Waals surface area contributed by atoms with Crippen LogP contribution in [0.25, 0.3) is 0 Å². The molecule has 68 valence electrons. The van der Waals surface area contributed by atoms with Crippen LogP contribution in [0.15, 0.2) is 18.2 Å². The minimum atomic E-state index is -0.0347. The van der Waals surface area contributed by atoms with Gasteiger partial charge in [0.1, 0.15) is 5.75 Å². The number of amides is 1. The van der Waals surface area contributed by atoms with Crippen LogP contribution in [0.3, 0.4) is 0 Å². The molecule has 0 aromatic heterocycles. The fourth-order valence-electron chi connectivity index (χ4n) is 1.58. The molecule has 0 fully saturated rings. The van der Waals surface area contributed by atoms with E-state index >= 15 is 0 Å². The zero-order valence-corrected chi connectivity index (χ0v) is 7.21. The molecular weight excluding hydrogens is 166 g/mol. The van der Waals surface area contributed by atoms with Crippen LogP contribution in [0.2, 0.25) is 0 Å². The highest BCUT2D eigenvalue weighted by atomic mass is 16.3. The van der Waals surface area contributed by atoms with Crippen molar-refractivity contribution in [2.24, 2.45) is 0 Å². The molecule has 0 aliphatic carbocycles. The molecule has 1 heterocycles. The summed E-state index contributed by atoms with van der Waals surface area (Å²) >= 11 is 0. The summed E-state index contributed by atoms with van der Waals surface area (Å²) in [4.78, 5) is 11.4. The van der Waals surface area contributed by atoms with Gasteiger partial charge in [-0.3, -0.25) is 4.79 Å². The van der Waals surface area contributed by atoms with Crippen molar-refractivity contribution in [3.05, 3.63) is 29.3 Å². The van der Waals surface area contributed by atoms with E-state index in [9.17, 15) is 9.90 Å². The average molecular weight is 177 g/mol. The molecule has 0 saturated carbocycles. The first-order valence-electron chi connectivity index (χ1n) is 4.37. The van der Waals surface area contributed by atoms with E-state index in [1.165, 1.54) is 0 Å². The molecular formula is C10H11NO2. The molecule has 1 aliphatic heterocycles. The molecule has 0 unspecified atom stereocenters. The summed E-state index contributed by atoms with van der Waals surface area (Å²) in [6.45, 7) is 0.717. The molecule has 1 amide bonds. The monoisotopic (exact) mass is 177 g/mol. The molecule has 0 bridgehead atoms. The molecule has 13 heavy (non-hydrogen) atoms. The van der Waals surface area contributed by atoms with Crippen LogP contribution in [0.1, 0.15) is 22.3 Å². The number of hydrogen-bond acceptors (Lipinski definition) is 2. The third-order valence-corrected chi connectivity index (χ3v) is 2.24. The SMILES string of the molecule is O=C1NCCCc2cc(O)ccc21. The van der Waals surface area contributed by atoms with Gasteiger partial charge in [0, 0.05) is 12.1 Å². The van der Waals surface area contributed by atoms with Crippen LogP contribution in [0, 0.1) is 0 Å². The molecule has 0 saturated heterocycles. The molecule has 1 aliphatic rings. The quantitative estimate of drug-likeness (QED) is 0.622. The van der Waals surface area contributed by atoms with Crippen LogP contribution >= 0.6 is 0 Å². The second kappa shape index (κ2) is 3.09. The lowest BCUT2D eigenvalue weighted by Gasteiger charge is -2.03. The summed E-state index contributed by atoms with van der Waals surface area (Å²) in [7, 11) is 0. The van der Waals surface area contributed by atoms with Crippen LogP contribution in [-0.4, -0.2) is 17.6 Å². The van der Waals surface area contributed by atoms with Gasteiger partial charge in [-0.05, 0) is 36.6 Å². The predicted octanol–water partition coefficient (Wildman–Crippen LogP) is 1.07. The van der Waals surface area contributed by atoms with Crippen molar-refractivity contribution in [2.75, 3.05) is 6.54 Å². The standard InChI is InChI=1S/C10H11NO2/c12-8-3-4-9-7(6-8)2-1-5-11-10(9)13/h3-4,6,12H,1-2,5H2,(H,11,13). The van der Waals surface area contributed by atoms with Crippen LogP contribution in [0.4, 0.5) is 0 Å².